The largest absolute Gasteiger partial charge is 1.00 e. The molecule has 1 aromatic rings. The van der Waals surface area contributed by atoms with Crippen molar-refractivity contribution in [2.45, 2.75) is 0 Å². The molecule has 1 aromatic carbocycles. The van der Waals surface area contributed by atoms with Gasteiger partial charge in [-0.25, -0.2) is 0 Å². The van der Waals surface area contributed by atoms with Gasteiger partial charge in [0, 0.05) is 24.2 Å². The van der Waals surface area contributed by atoms with Gasteiger partial charge in [0.1, 0.15) is 0 Å². The first kappa shape index (κ1) is 17.0. The third-order valence-corrected chi connectivity index (χ3v) is 2.52. The minimum atomic E-state index is -0.105. The van der Waals surface area contributed by atoms with Crippen LogP contribution in [0.25, 0.3) is 6.08 Å². The Morgan fingerprint density at radius 2 is 2.06 bits per heavy atom. The van der Waals surface area contributed by atoms with Crippen molar-refractivity contribution in [1.82, 2.24) is 10.2 Å². The fourth-order valence-electron chi connectivity index (χ4n) is 1.24. The lowest BCUT2D eigenvalue weighted by molar-refractivity contribution is -0.116. The summed E-state index contributed by atoms with van der Waals surface area (Å²) in [5.74, 6) is -0.105. The van der Waals surface area contributed by atoms with Crippen molar-refractivity contribution >= 4 is 23.6 Å². The number of nitrogens with zero attached hydrogens (tertiary/aromatic N) is 1. The van der Waals surface area contributed by atoms with Gasteiger partial charge in [-0.15, -0.1) is 0 Å². The predicted molar refractivity (Wildman–Crippen MR) is 72.0 cm³/mol. The third kappa shape index (κ3) is 6.64. The van der Waals surface area contributed by atoms with Gasteiger partial charge in [-0.3, -0.25) is 4.79 Å². The molecule has 0 heterocycles. The Balaban J connectivity index is 0.00000289. The van der Waals surface area contributed by atoms with Gasteiger partial charge < -0.3 is 22.6 Å². The molecular weight excluding hydrogens is 271 g/mol. The molecule has 1 N–H and O–H groups in total. The second kappa shape index (κ2) is 8.97. The molecule has 0 saturated carbocycles. The zero-order valence-corrected chi connectivity index (χ0v) is 12.0. The maximum absolute atomic E-state index is 11.4. The highest BCUT2D eigenvalue weighted by atomic mass is 35.5. The highest BCUT2D eigenvalue weighted by Crippen LogP contribution is 2.15. The summed E-state index contributed by atoms with van der Waals surface area (Å²) in [6.07, 6.45) is 3.21. The summed E-state index contributed by atoms with van der Waals surface area (Å²) in [6.45, 7) is 1.46. The fraction of sp³-hybridized carbons (Fsp3) is 0.308. The maximum Gasteiger partial charge on any atom is 0.244 e. The molecular formula is C13H17Cl2N2O-. The average Bonchev–Trinajstić information content (AvgIpc) is 2.27. The van der Waals surface area contributed by atoms with E-state index in [1.54, 1.807) is 12.1 Å². The smallest absolute Gasteiger partial charge is 0.244 e. The molecule has 0 saturated heterocycles. The minimum Gasteiger partial charge on any atom is -1.00 e. The van der Waals surface area contributed by atoms with Crippen molar-refractivity contribution in [2.75, 3.05) is 27.2 Å². The number of carbonyl (C=O) groups excluding carboxylic acids is 1. The molecule has 1 amide bonds. The van der Waals surface area contributed by atoms with Crippen LogP contribution in [-0.2, 0) is 4.79 Å². The highest BCUT2D eigenvalue weighted by Gasteiger charge is 1.97. The van der Waals surface area contributed by atoms with Gasteiger partial charge in [-0.2, -0.15) is 0 Å². The molecule has 0 aliphatic heterocycles. The number of amides is 1. The van der Waals surface area contributed by atoms with E-state index in [9.17, 15) is 4.79 Å². The molecule has 0 atom stereocenters. The molecule has 18 heavy (non-hydrogen) atoms. The Labute approximate surface area is 119 Å². The van der Waals surface area contributed by atoms with E-state index >= 15 is 0 Å². The minimum absolute atomic E-state index is 0. The summed E-state index contributed by atoms with van der Waals surface area (Å²) in [7, 11) is 3.93. The van der Waals surface area contributed by atoms with Crippen LogP contribution in [0, 0.1) is 0 Å². The van der Waals surface area contributed by atoms with Crippen LogP contribution in [0.1, 0.15) is 5.56 Å². The topological polar surface area (TPSA) is 32.3 Å². The van der Waals surface area contributed by atoms with Crippen molar-refractivity contribution in [2.24, 2.45) is 0 Å². The highest BCUT2D eigenvalue weighted by molar-refractivity contribution is 6.32. The molecule has 0 spiro atoms. The standard InChI is InChI=1S/C13H17ClN2O.ClH/c1-16(2)10-9-15-13(17)8-7-11-5-3-4-6-12(11)14;/h3-8H,9-10H2,1-2H3,(H,15,17);1H/p-1/b8-7+;. The molecule has 0 aliphatic carbocycles. The molecule has 1 rings (SSSR count). The van der Waals surface area contributed by atoms with Crippen molar-refractivity contribution in [3.8, 4) is 0 Å². The maximum atomic E-state index is 11.4. The van der Waals surface area contributed by atoms with Crippen LogP contribution in [0.2, 0.25) is 5.02 Å². The number of halogens is 2. The number of nitrogens with one attached hydrogen (secondary N) is 1. The van der Waals surface area contributed by atoms with Crippen molar-refractivity contribution in [3.63, 3.8) is 0 Å². The number of benzene rings is 1. The Morgan fingerprint density at radius 1 is 1.39 bits per heavy atom. The number of likely N-dealkylation sites (N-methyl/N-ethyl adjacent to an activating group) is 1. The Kier molecular flexibility index (Phi) is 8.46. The number of hydrogen-bond acceptors (Lipinski definition) is 2. The molecule has 5 heteroatoms. The van der Waals surface area contributed by atoms with Crippen LogP contribution < -0.4 is 17.7 Å². The van der Waals surface area contributed by atoms with Gasteiger partial charge in [-0.05, 0) is 31.8 Å². The van der Waals surface area contributed by atoms with Crippen molar-refractivity contribution in [3.05, 3.63) is 40.9 Å². The molecule has 0 fully saturated rings. The Morgan fingerprint density at radius 3 is 2.67 bits per heavy atom. The molecule has 100 valence electrons. The van der Waals surface area contributed by atoms with Gasteiger partial charge in [0.25, 0.3) is 0 Å². The van der Waals surface area contributed by atoms with E-state index in [2.05, 4.69) is 5.32 Å². The van der Waals surface area contributed by atoms with E-state index in [0.29, 0.717) is 11.6 Å². The van der Waals surface area contributed by atoms with E-state index in [-0.39, 0.29) is 18.3 Å². The van der Waals surface area contributed by atoms with Crippen LogP contribution in [0.3, 0.4) is 0 Å². The fourth-order valence-corrected chi connectivity index (χ4v) is 1.44. The van der Waals surface area contributed by atoms with Gasteiger partial charge in [-0.1, -0.05) is 29.8 Å². The van der Waals surface area contributed by atoms with Crippen molar-refractivity contribution in [1.29, 1.82) is 0 Å². The summed E-state index contributed by atoms with van der Waals surface area (Å²) >= 11 is 5.96. The number of rotatable bonds is 5. The Hall–Kier alpha value is -1.03. The first-order chi connectivity index (χ1) is 8.09. The second-order valence-corrected chi connectivity index (χ2v) is 4.36. The SMILES string of the molecule is CN(C)CCNC(=O)/C=C/c1ccccc1Cl.[Cl-]. The third-order valence-electron chi connectivity index (χ3n) is 2.18. The second-order valence-electron chi connectivity index (χ2n) is 3.95. The van der Waals surface area contributed by atoms with Gasteiger partial charge in [0.2, 0.25) is 5.91 Å². The summed E-state index contributed by atoms with van der Waals surface area (Å²) < 4.78 is 0. The van der Waals surface area contributed by atoms with E-state index in [0.717, 1.165) is 12.1 Å². The first-order valence-corrected chi connectivity index (χ1v) is 5.82. The lowest BCUT2D eigenvalue weighted by Crippen LogP contribution is -3.00. The lowest BCUT2D eigenvalue weighted by Gasteiger charge is -2.08. The zero-order valence-electron chi connectivity index (χ0n) is 10.5. The molecule has 0 aromatic heterocycles. The molecule has 0 radical (unpaired) electrons. The molecule has 0 bridgehead atoms. The summed E-state index contributed by atoms with van der Waals surface area (Å²) in [5.41, 5.74) is 0.844. The van der Waals surface area contributed by atoms with E-state index in [1.165, 1.54) is 6.08 Å². The quantitative estimate of drug-likeness (QED) is 0.708. The van der Waals surface area contributed by atoms with Gasteiger partial charge in [0.05, 0.1) is 0 Å². The van der Waals surface area contributed by atoms with Gasteiger partial charge in [0.15, 0.2) is 0 Å². The summed E-state index contributed by atoms with van der Waals surface area (Å²) in [6, 6.07) is 7.41. The first-order valence-electron chi connectivity index (χ1n) is 5.45. The van der Waals surface area contributed by atoms with Gasteiger partial charge >= 0.3 is 0 Å². The van der Waals surface area contributed by atoms with Crippen LogP contribution >= 0.6 is 11.6 Å². The lowest BCUT2D eigenvalue weighted by atomic mass is 10.2. The molecule has 3 nitrogen and oxygen atoms in total. The average molecular weight is 288 g/mol. The van der Waals surface area contributed by atoms with Crippen LogP contribution in [0.15, 0.2) is 30.3 Å². The summed E-state index contributed by atoms with van der Waals surface area (Å²) in [5, 5.41) is 3.44. The van der Waals surface area contributed by atoms with Crippen LogP contribution in [0.4, 0.5) is 0 Å². The van der Waals surface area contributed by atoms with Crippen molar-refractivity contribution < 1.29 is 17.2 Å². The molecule has 0 unspecified atom stereocenters. The number of carbonyl (C=O) groups is 1. The zero-order chi connectivity index (χ0) is 12.7. The van der Waals surface area contributed by atoms with Crippen LogP contribution in [0.5, 0.6) is 0 Å². The molecule has 0 aliphatic rings. The van der Waals surface area contributed by atoms with Crippen LogP contribution in [-0.4, -0.2) is 38.0 Å². The van der Waals surface area contributed by atoms with E-state index < -0.39 is 0 Å². The predicted octanol–water partition coefficient (Wildman–Crippen LogP) is -0.965. The Bertz CT molecular complexity index is 406. The van der Waals surface area contributed by atoms with E-state index in [1.807, 2.05) is 37.2 Å². The number of hydrogen-bond donors (Lipinski definition) is 1. The summed E-state index contributed by atoms with van der Waals surface area (Å²) in [4.78, 5) is 13.5. The normalized spacial score (nSPS) is 10.4. The van der Waals surface area contributed by atoms with E-state index in [4.69, 9.17) is 11.6 Å². The monoisotopic (exact) mass is 287 g/mol.